The van der Waals surface area contributed by atoms with Crippen LogP contribution < -0.4 is 5.32 Å². The Bertz CT molecular complexity index is 698. The fraction of sp³-hybridized carbons (Fsp3) is 0.222. The van der Waals surface area contributed by atoms with Gasteiger partial charge in [-0.05, 0) is 38.1 Å². The van der Waals surface area contributed by atoms with E-state index in [0.717, 1.165) is 4.90 Å². The Hall–Kier alpha value is -2.27. The fourth-order valence-corrected chi connectivity index (χ4v) is 2.86. The van der Waals surface area contributed by atoms with E-state index in [1.165, 1.54) is 24.4 Å². The van der Waals surface area contributed by atoms with Gasteiger partial charge in [-0.2, -0.15) is 0 Å². The molecule has 1 N–H and O–H groups in total. The first-order valence-electron chi connectivity index (χ1n) is 7.23. The van der Waals surface area contributed by atoms with Crippen molar-refractivity contribution in [3.05, 3.63) is 59.7 Å². The second-order valence-electron chi connectivity index (χ2n) is 5.10. The van der Waals surface area contributed by atoms with Gasteiger partial charge in [0.05, 0.1) is 23.6 Å². The number of hydrogen-bond donors (Lipinski definition) is 1. The van der Waals surface area contributed by atoms with Gasteiger partial charge in [0.15, 0.2) is 0 Å². The van der Waals surface area contributed by atoms with Crippen molar-refractivity contribution >= 4 is 29.3 Å². The molecule has 0 aliphatic heterocycles. The first-order chi connectivity index (χ1) is 11.0. The van der Waals surface area contributed by atoms with Gasteiger partial charge >= 0.3 is 5.97 Å². The lowest BCUT2D eigenvalue weighted by molar-refractivity contribution is -0.115. The van der Waals surface area contributed by atoms with E-state index < -0.39 is 5.97 Å². The molecule has 2 aromatic rings. The predicted molar refractivity (Wildman–Crippen MR) is 92.9 cm³/mol. The molecule has 0 saturated carbocycles. The summed E-state index contributed by atoms with van der Waals surface area (Å²) < 4.78 is 4.73. The Morgan fingerprint density at radius 3 is 2.39 bits per heavy atom. The van der Waals surface area contributed by atoms with Gasteiger partial charge in [0.25, 0.3) is 0 Å². The number of para-hydroxylation sites is 1. The van der Waals surface area contributed by atoms with Crippen molar-refractivity contribution in [1.29, 1.82) is 0 Å². The third-order valence-corrected chi connectivity index (χ3v) is 4.41. The summed E-state index contributed by atoms with van der Waals surface area (Å²) in [5.41, 5.74) is 1.98. The molecule has 0 aliphatic rings. The first-order valence-corrected chi connectivity index (χ1v) is 8.10. The molecule has 0 unspecified atom stereocenters. The highest BCUT2D eigenvalue weighted by molar-refractivity contribution is 8.00. The number of carbonyl (C=O) groups excluding carboxylic acids is 2. The lowest BCUT2D eigenvalue weighted by Crippen LogP contribution is -2.23. The number of ether oxygens (including phenoxy) is 1. The van der Waals surface area contributed by atoms with Gasteiger partial charge in [-0.3, -0.25) is 4.79 Å². The third kappa shape index (κ3) is 4.60. The molecule has 0 heterocycles. The van der Waals surface area contributed by atoms with Crippen LogP contribution in [0.25, 0.3) is 0 Å². The molecular weight excluding hydrogens is 310 g/mol. The normalized spacial score (nSPS) is 11.6. The smallest absolute Gasteiger partial charge is 0.339 e. The zero-order chi connectivity index (χ0) is 16.8. The standard InChI is InChI=1S/C18H19NO3S/c1-12-8-10-14(11-9-12)23-13(2)17(20)19-16-7-5-4-6-15(16)18(21)22-3/h4-11,13H,1-3H3,(H,19,20)/t13-/m0/s1. The summed E-state index contributed by atoms with van der Waals surface area (Å²) in [5, 5.41) is 2.51. The molecule has 0 fully saturated rings. The van der Waals surface area contributed by atoms with Crippen LogP contribution in [0.4, 0.5) is 5.69 Å². The largest absolute Gasteiger partial charge is 0.465 e. The van der Waals surface area contributed by atoms with Gasteiger partial charge in [0.1, 0.15) is 0 Å². The van der Waals surface area contributed by atoms with Crippen molar-refractivity contribution in [3.63, 3.8) is 0 Å². The number of nitrogens with one attached hydrogen (secondary N) is 1. The molecule has 2 rings (SSSR count). The molecule has 0 aromatic heterocycles. The Labute approximate surface area is 140 Å². The van der Waals surface area contributed by atoms with E-state index in [1.807, 2.05) is 38.1 Å². The van der Waals surface area contributed by atoms with Crippen LogP contribution in [0.15, 0.2) is 53.4 Å². The molecule has 0 spiro atoms. The maximum atomic E-state index is 12.4. The summed E-state index contributed by atoms with van der Waals surface area (Å²) in [6, 6.07) is 14.8. The minimum Gasteiger partial charge on any atom is -0.465 e. The van der Waals surface area contributed by atoms with Crippen molar-refractivity contribution in [2.75, 3.05) is 12.4 Å². The number of esters is 1. The number of hydrogen-bond acceptors (Lipinski definition) is 4. The van der Waals surface area contributed by atoms with E-state index in [2.05, 4.69) is 5.32 Å². The van der Waals surface area contributed by atoms with E-state index in [1.54, 1.807) is 24.3 Å². The number of anilines is 1. The van der Waals surface area contributed by atoms with Crippen LogP contribution in [0, 0.1) is 6.92 Å². The number of carbonyl (C=O) groups is 2. The van der Waals surface area contributed by atoms with E-state index in [4.69, 9.17) is 4.74 Å². The lowest BCUT2D eigenvalue weighted by atomic mass is 10.2. The molecule has 1 atom stereocenters. The average Bonchev–Trinajstić information content (AvgIpc) is 2.56. The quantitative estimate of drug-likeness (QED) is 0.668. The van der Waals surface area contributed by atoms with Crippen LogP contribution in [0.3, 0.4) is 0 Å². The molecule has 0 saturated heterocycles. The number of rotatable bonds is 5. The fourth-order valence-electron chi connectivity index (χ4n) is 1.99. The summed E-state index contributed by atoms with van der Waals surface area (Å²) in [5.74, 6) is -0.633. The van der Waals surface area contributed by atoms with E-state index in [0.29, 0.717) is 11.3 Å². The van der Waals surface area contributed by atoms with Gasteiger partial charge in [-0.25, -0.2) is 4.79 Å². The van der Waals surface area contributed by atoms with Crippen LogP contribution >= 0.6 is 11.8 Å². The van der Waals surface area contributed by atoms with Crippen LogP contribution in [0.5, 0.6) is 0 Å². The van der Waals surface area contributed by atoms with Crippen LogP contribution in [0.2, 0.25) is 0 Å². The minimum atomic E-state index is -0.472. The van der Waals surface area contributed by atoms with Crippen molar-refractivity contribution in [3.8, 4) is 0 Å². The topological polar surface area (TPSA) is 55.4 Å². The average molecular weight is 329 g/mol. The highest BCUT2D eigenvalue weighted by Crippen LogP contribution is 2.25. The summed E-state index contributed by atoms with van der Waals surface area (Å²) in [4.78, 5) is 25.1. The monoisotopic (exact) mass is 329 g/mol. The Morgan fingerprint density at radius 1 is 1.09 bits per heavy atom. The Balaban J connectivity index is 2.06. The maximum Gasteiger partial charge on any atom is 0.339 e. The van der Waals surface area contributed by atoms with Crippen LogP contribution in [-0.2, 0) is 9.53 Å². The van der Waals surface area contributed by atoms with Gasteiger partial charge < -0.3 is 10.1 Å². The predicted octanol–water partition coefficient (Wildman–Crippen LogP) is 3.90. The molecule has 5 heteroatoms. The number of thioether (sulfide) groups is 1. The summed E-state index contributed by atoms with van der Waals surface area (Å²) in [7, 11) is 1.32. The first kappa shape index (κ1) is 17.1. The number of methoxy groups -OCH3 is 1. The molecule has 1 amide bonds. The molecule has 0 aliphatic carbocycles. The number of benzene rings is 2. The second kappa shape index (κ2) is 7.83. The molecule has 23 heavy (non-hydrogen) atoms. The maximum absolute atomic E-state index is 12.4. The molecule has 4 nitrogen and oxygen atoms in total. The highest BCUT2D eigenvalue weighted by atomic mass is 32.2. The van der Waals surface area contributed by atoms with Crippen LogP contribution in [-0.4, -0.2) is 24.2 Å². The van der Waals surface area contributed by atoms with Crippen molar-refractivity contribution < 1.29 is 14.3 Å². The molecule has 120 valence electrons. The van der Waals surface area contributed by atoms with E-state index >= 15 is 0 Å². The van der Waals surface area contributed by atoms with Crippen molar-refractivity contribution in [2.45, 2.75) is 24.0 Å². The summed E-state index contributed by atoms with van der Waals surface area (Å²) >= 11 is 1.47. The molecule has 0 radical (unpaired) electrons. The van der Waals surface area contributed by atoms with Crippen LogP contribution in [0.1, 0.15) is 22.8 Å². The second-order valence-corrected chi connectivity index (χ2v) is 6.51. The number of aryl methyl sites for hydroxylation is 1. The highest BCUT2D eigenvalue weighted by Gasteiger charge is 2.18. The molecular formula is C18H19NO3S. The minimum absolute atomic E-state index is 0.160. The lowest BCUT2D eigenvalue weighted by Gasteiger charge is -2.14. The van der Waals surface area contributed by atoms with Gasteiger partial charge in [0.2, 0.25) is 5.91 Å². The van der Waals surface area contributed by atoms with Gasteiger partial charge in [-0.1, -0.05) is 29.8 Å². The zero-order valence-electron chi connectivity index (χ0n) is 13.3. The molecule has 2 aromatic carbocycles. The van der Waals surface area contributed by atoms with Gasteiger partial charge in [0, 0.05) is 4.90 Å². The zero-order valence-corrected chi connectivity index (χ0v) is 14.1. The number of amides is 1. The SMILES string of the molecule is COC(=O)c1ccccc1NC(=O)[C@H](C)Sc1ccc(C)cc1. The molecule has 0 bridgehead atoms. The van der Waals surface area contributed by atoms with Crippen molar-refractivity contribution in [1.82, 2.24) is 0 Å². The Kier molecular flexibility index (Phi) is 5.82. The summed E-state index contributed by atoms with van der Waals surface area (Å²) in [6.45, 7) is 3.86. The van der Waals surface area contributed by atoms with E-state index in [9.17, 15) is 9.59 Å². The van der Waals surface area contributed by atoms with Crippen molar-refractivity contribution in [2.24, 2.45) is 0 Å². The van der Waals surface area contributed by atoms with E-state index in [-0.39, 0.29) is 11.2 Å². The summed E-state index contributed by atoms with van der Waals surface area (Å²) in [6.07, 6.45) is 0. The third-order valence-electron chi connectivity index (χ3n) is 3.29. The Morgan fingerprint density at radius 2 is 1.74 bits per heavy atom. The van der Waals surface area contributed by atoms with Gasteiger partial charge in [-0.15, -0.1) is 11.8 Å².